The number of ether oxygens (including phenoxy) is 3. The van der Waals surface area contributed by atoms with E-state index in [1.807, 2.05) is 53.4 Å². The molecule has 0 saturated carbocycles. The first-order valence-corrected chi connectivity index (χ1v) is 9.18. The van der Waals surface area contributed by atoms with Crippen LogP contribution in [-0.4, -0.2) is 42.9 Å². The molecule has 136 valence electrons. The SMILES string of the molecule is O=C(c1cccc(Oc2ccccc2)c1)N1CCCCC1C1OCCO1. The molecule has 0 bridgehead atoms. The highest BCUT2D eigenvalue weighted by Crippen LogP contribution is 2.28. The molecule has 26 heavy (non-hydrogen) atoms. The van der Waals surface area contributed by atoms with Gasteiger partial charge in [-0.25, -0.2) is 0 Å². The maximum Gasteiger partial charge on any atom is 0.254 e. The van der Waals surface area contributed by atoms with Crippen molar-refractivity contribution in [2.24, 2.45) is 0 Å². The maximum absolute atomic E-state index is 13.1. The molecule has 4 rings (SSSR count). The molecule has 0 spiro atoms. The van der Waals surface area contributed by atoms with Crippen LogP contribution in [0.15, 0.2) is 54.6 Å². The summed E-state index contributed by atoms with van der Waals surface area (Å²) in [4.78, 5) is 15.0. The van der Waals surface area contributed by atoms with Gasteiger partial charge in [0.2, 0.25) is 0 Å². The molecule has 2 aromatic rings. The van der Waals surface area contributed by atoms with Gasteiger partial charge in [0.1, 0.15) is 11.5 Å². The van der Waals surface area contributed by atoms with Gasteiger partial charge in [-0.2, -0.15) is 0 Å². The van der Waals surface area contributed by atoms with Crippen molar-refractivity contribution < 1.29 is 19.0 Å². The summed E-state index contributed by atoms with van der Waals surface area (Å²) >= 11 is 0. The minimum Gasteiger partial charge on any atom is -0.457 e. The highest BCUT2D eigenvalue weighted by molar-refractivity contribution is 5.95. The number of para-hydroxylation sites is 1. The minimum absolute atomic E-state index is 0.00677. The third kappa shape index (κ3) is 3.74. The van der Waals surface area contributed by atoms with Gasteiger partial charge in [-0.3, -0.25) is 4.79 Å². The average molecular weight is 353 g/mol. The van der Waals surface area contributed by atoms with Crippen molar-refractivity contribution in [2.45, 2.75) is 31.6 Å². The van der Waals surface area contributed by atoms with Crippen LogP contribution < -0.4 is 4.74 Å². The molecule has 2 fully saturated rings. The Morgan fingerprint density at radius 2 is 1.73 bits per heavy atom. The second-order valence-electron chi connectivity index (χ2n) is 6.61. The Kier molecular flexibility index (Phi) is 5.18. The number of rotatable bonds is 4. The van der Waals surface area contributed by atoms with Crippen LogP contribution in [0.25, 0.3) is 0 Å². The maximum atomic E-state index is 13.1. The monoisotopic (exact) mass is 353 g/mol. The highest BCUT2D eigenvalue weighted by Gasteiger charge is 2.36. The smallest absolute Gasteiger partial charge is 0.254 e. The Morgan fingerprint density at radius 1 is 0.962 bits per heavy atom. The van der Waals surface area contributed by atoms with Crippen LogP contribution in [0.4, 0.5) is 0 Å². The summed E-state index contributed by atoms with van der Waals surface area (Å²) in [5, 5.41) is 0. The summed E-state index contributed by atoms with van der Waals surface area (Å²) in [5.74, 6) is 1.41. The molecule has 2 aromatic carbocycles. The first-order chi connectivity index (χ1) is 12.8. The van der Waals surface area contributed by atoms with Crippen LogP contribution in [-0.2, 0) is 9.47 Å². The van der Waals surface area contributed by atoms with E-state index < -0.39 is 0 Å². The quantitative estimate of drug-likeness (QED) is 0.838. The van der Waals surface area contributed by atoms with Gasteiger partial charge in [-0.1, -0.05) is 24.3 Å². The highest BCUT2D eigenvalue weighted by atomic mass is 16.7. The van der Waals surface area contributed by atoms with E-state index in [0.29, 0.717) is 24.5 Å². The van der Waals surface area contributed by atoms with Gasteiger partial charge in [0.15, 0.2) is 6.29 Å². The van der Waals surface area contributed by atoms with Crippen LogP contribution in [0.2, 0.25) is 0 Å². The van der Waals surface area contributed by atoms with Gasteiger partial charge in [-0.15, -0.1) is 0 Å². The number of hydrogen-bond donors (Lipinski definition) is 0. The van der Waals surface area contributed by atoms with Crippen molar-refractivity contribution in [1.29, 1.82) is 0 Å². The topological polar surface area (TPSA) is 48.0 Å². The molecule has 0 aromatic heterocycles. The van der Waals surface area contributed by atoms with Crippen molar-refractivity contribution in [2.75, 3.05) is 19.8 Å². The van der Waals surface area contributed by atoms with Crippen molar-refractivity contribution in [3.63, 3.8) is 0 Å². The average Bonchev–Trinajstić information content (AvgIpc) is 3.23. The fourth-order valence-corrected chi connectivity index (χ4v) is 3.57. The molecular formula is C21H23NO4. The molecule has 1 amide bonds. The predicted octanol–water partition coefficient (Wildman–Crippen LogP) is 3.85. The fourth-order valence-electron chi connectivity index (χ4n) is 3.57. The van der Waals surface area contributed by atoms with Crippen LogP contribution in [0.3, 0.4) is 0 Å². The van der Waals surface area contributed by atoms with E-state index in [4.69, 9.17) is 14.2 Å². The lowest BCUT2D eigenvalue weighted by atomic mass is 10.00. The van der Waals surface area contributed by atoms with Gasteiger partial charge in [-0.05, 0) is 49.6 Å². The molecule has 1 atom stereocenters. The predicted molar refractivity (Wildman–Crippen MR) is 97.3 cm³/mol. The molecule has 2 aliphatic rings. The van der Waals surface area contributed by atoms with E-state index in [-0.39, 0.29) is 18.2 Å². The van der Waals surface area contributed by atoms with Gasteiger partial charge >= 0.3 is 0 Å². The molecule has 5 nitrogen and oxygen atoms in total. The molecule has 0 radical (unpaired) electrons. The number of likely N-dealkylation sites (tertiary alicyclic amines) is 1. The second-order valence-corrected chi connectivity index (χ2v) is 6.61. The summed E-state index contributed by atoms with van der Waals surface area (Å²) in [5.41, 5.74) is 0.628. The minimum atomic E-state index is -0.303. The zero-order valence-corrected chi connectivity index (χ0v) is 14.7. The van der Waals surface area contributed by atoms with Gasteiger partial charge < -0.3 is 19.1 Å². The van der Waals surface area contributed by atoms with E-state index in [1.54, 1.807) is 6.07 Å². The third-order valence-corrected chi connectivity index (χ3v) is 4.83. The van der Waals surface area contributed by atoms with E-state index in [9.17, 15) is 4.79 Å². The number of hydrogen-bond acceptors (Lipinski definition) is 4. The van der Waals surface area contributed by atoms with Gasteiger partial charge in [0.05, 0.1) is 19.3 Å². The standard InChI is InChI=1S/C21H23NO4/c23-20(22-12-5-4-11-19(22)21-24-13-14-25-21)16-7-6-10-18(15-16)26-17-8-2-1-3-9-17/h1-3,6-10,15,19,21H,4-5,11-14H2. The Bertz CT molecular complexity index is 743. The van der Waals surface area contributed by atoms with Gasteiger partial charge in [0.25, 0.3) is 5.91 Å². The summed E-state index contributed by atoms with van der Waals surface area (Å²) < 4.78 is 17.2. The first-order valence-electron chi connectivity index (χ1n) is 9.18. The van der Waals surface area contributed by atoms with Crippen molar-refractivity contribution in [3.8, 4) is 11.5 Å². The number of piperidine rings is 1. The summed E-state index contributed by atoms with van der Waals surface area (Å²) in [6, 6.07) is 16.9. The van der Waals surface area contributed by atoms with Crippen molar-refractivity contribution in [1.82, 2.24) is 4.90 Å². The van der Waals surface area contributed by atoms with Gasteiger partial charge in [0, 0.05) is 12.1 Å². The number of carbonyl (C=O) groups excluding carboxylic acids is 1. The van der Waals surface area contributed by atoms with Crippen molar-refractivity contribution >= 4 is 5.91 Å². The Hall–Kier alpha value is -2.37. The molecule has 2 heterocycles. The lowest BCUT2D eigenvalue weighted by molar-refractivity contribution is -0.100. The Balaban J connectivity index is 1.52. The van der Waals surface area contributed by atoms with E-state index in [2.05, 4.69) is 0 Å². The number of nitrogens with zero attached hydrogens (tertiary/aromatic N) is 1. The van der Waals surface area contributed by atoms with Crippen LogP contribution >= 0.6 is 0 Å². The summed E-state index contributed by atoms with van der Waals surface area (Å²) in [7, 11) is 0. The zero-order valence-electron chi connectivity index (χ0n) is 14.7. The molecule has 0 N–H and O–H groups in total. The third-order valence-electron chi connectivity index (χ3n) is 4.83. The Morgan fingerprint density at radius 3 is 2.54 bits per heavy atom. The van der Waals surface area contributed by atoms with Crippen LogP contribution in [0.1, 0.15) is 29.6 Å². The molecular weight excluding hydrogens is 330 g/mol. The molecule has 0 aliphatic carbocycles. The first kappa shape index (κ1) is 17.1. The van der Waals surface area contributed by atoms with E-state index in [0.717, 1.165) is 31.6 Å². The fraction of sp³-hybridized carbons (Fsp3) is 0.381. The van der Waals surface area contributed by atoms with E-state index in [1.165, 1.54) is 0 Å². The largest absolute Gasteiger partial charge is 0.457 e. The number of amides is 1. The normalized spacial score (nSPS) is 20.9. The van der Waals surface area contributed by atoms with Crippen molar-refractivity contribution in [3.05, 3.63) is 60.2 Å². The molecule has 5 heteroatoms. The molecule has 2 saturated heterocycles. The summed E-state index contributed by atoms with van der Waals surface area (Å²) in [6.45, 7) is 1.93. The van der Waals surface area contributed by atoms with Crippen LogP contribution in [0, 0.1) is 0 Å². The lowest BCUT2D eigenvalue weighted by Crippen LogP contribution is -2.50. The summed E-state index contributed by atoms with van der Waals surface area (Å²) in [6.07, 6.45) is 2.71. The zero-order chi connectivity index (χ0) is 17.8. The Labute approximate surface area is 153 Å². The molecule has 2 aliphatic heterocycles. The lowest BCUT2D eigenvalue weighted by Gasteiger charge is -2.38. The second kappa shape index (κ2) is 7.89. The van der Waals surface area contributed by atoms with Crippen LogP contribution in [0.5, 0.6) is 11.5 Å². The van der Waals surface area contributed by atoms with E-state index >= 15 is 0 Å². The molecule has 1 unspecified atom stereocenters. The number of benzene rings is 2. The number of carbonyl (C=O) groups is 1.